The van der Waals surface area contributed by atoms with Crippen LogP contribution in [0.4, 0.5) is 16.2 Å². The minimum absolute atomic E-state index is 0.306. The highest BCUT2D eigenvalue weighted by Crippen LogP contribution is 2.14. The monoisotopic (exact) mass is 259 g/mol. The normalized spacial score (nSPS) is 8.95. The average molecular weight is 259 g/mol. The molecule has 19 heavy (non-hydrogen) atoms. The van der Waals surface area contributed by atoms with Crippen molar-refractivity contribution in [2.24, 2.45) is 17.4 Å². The fourth-order valence-corrected chi connectivity index (χ4v) is 1.21. The summed E-state index contributed by atoms with van der Waals surface area (Å²) in [5, 5.41) is 3.61. The van der Waals surface area contributed by atoms with Crippen molar-refractivity contribution in [2.45, 2.75) is 0 Å². The molecule has 0 spiro atoms. The highest BCUT2D eigenvalue weighted by molar-refractivity contribution is 5.70. The van der Waals surface area contributed by atoms with E-state index < -0.39 is 6.03 Å². The highest BCUT2D eigenvalue weighted by atomic mass is 16.2. The molecule has 100 valence electrons. The Bertz CT molecular complexity index is 449. The first-order valence-electron chi connectivity index (χ1n) is 5.55. The number of benzene rings is 2. The number of hydrazine groups is 2. The molecule has 6 heteroatoms. The number of carbonyl (C=O) groups excluding carboxylic acids is 1. The summed E-state index contributed by atoms with van der Waals surface area (Å²) < 4.78 is 0. The Labute approximate surface area is 111 Å². The van der Waals surface area contributed by atoms with Crippen molar-refractivity contribution in [1.29, 1.82) is 0 Å². The lowest BCUT2D eigenvalue weighted by atomic mass is 10.3. The van der Waals surface area contributed by atoms with Crippen LogP contribution in [0.2, 0.25) is 0 Å². The molecule has 0 saturated heterocycles. The number of nitrogens with two attached hydrogens (primary N) is 3. The number of para-hydroxylation sites is 2. The van der Waals surface area contributed by atoms with Crippen molar-refractivity contribution in [3.8, 4) is 0 Å². The van der Waals surface area contributed by atoms with Crippen LogP contribution in [0.25, 0.3) is 0 Å². The van der Waals surface area contributed by atoms with Gasteiger partial charge >= 0.3 is 6.03 Å². The van der Waals surface area contributed by atoms with Crippen molar-refractivity contribution in [1.82, 2.24) is 5.12 Å². The number of amides is 2. The molecule has 0 radical (unpaired) electrons. The summed E-state index contributed by atoms with van der Waals surface area (Å²) in [5.74, 6) is 9.14. The number of nitrogens with one attached hydrogen (secondary N) is 1. The summed E-state index contributed by atoms with van der Waals surface area (Å²) in [6.07, 6.45) is 0. The fourth-order valence-electron chi connectivity index (χ4n) is 1.21. The second kappa shape index (κ2) is 7.70. The third-order valence-corrected chi connectivity index (χ3v) is 2.09. The van der Waals surface area contributed by atoms with Crippen LogP contribution in [0, 0.1) is 0 Å². The molecule has 6 nitrogen and oxygen atoms in total. The molecule has 2 rings (SSSR count). The van der Waals surface area contributed by atoms with E-state index in [-0.39, 0.29) is 0 Å². The van der Waals surface area contributed by atoms with E-state index in [0.717, 1.165) is 11.4 Å². The van der Waals surface area contributed by atoms with Crippen LogP contribution >= 0.6 is 0 Å². The second-order valence-corrected chi connectivity index (χ2v) is 3.60. The van der Waals surface area contributed by atoms with Gasteiger partial charge in [0.05, 0.1) is 0 Å². The average Bonchev–Trinajstić information content (AvgIpc) is 2.41. The number of primary amides is 1. The zero-order chi connectivity index (χ0) is 14.1. The van der Waals surface area contributed by atoms with Gasteiger partial charge in [-0.25, -0.2) is 16.5 Å². The van der Waals surface area contributed by atoms with Crippen LogP contribution < -0.4 is 22.7 Å². The van der Waals surface area contributed by atoms with Gasteiger partial charge in [0, 0.05) is 11.4 Å². The van der Waals surface area contributed by atoms with E-state index in [2.05, 4.69) is 22.7 Å². The van der Waals surface area contributed by atoms with Crippen LogP contribution in [0.1, 0.15) is 0 Å². The molecule has 0 aliphatic heterocycles. The second-order valence-electron chi connectivity index (χ2n) is 3.60. The highest BCUT2D eigenvalue weighted by Gasteiger charge is 1.90. The van der Waals surface area contributed by atoms with Gasteiger partial charge in [-0.15, -0.1) is 0 Å². The van der Waals surface area contributed by atoms with Gasteiger partial charge in [-0.2, -0.15) is 5.12 Å². The Morgan fingerprint density at radius 3 is 1.42 bits per heavy atom. The molecule has 0 heterocycles. The van der Waals surface area contributed by atoms with Crippen molar-refractivity contribution in [3.63, 3.8) is 0 Å². The van der Waals surface area contributed by atoms with Crippen LogP contribution in [0.3, 0.4) is 0 Å². The first kappa shape index (κ1) is 14.5. The first-order valence-corrected chi connectivity index (χ1v) is 5.55. The quantitative estimate of drug-likeness (QED) is 0.372. The van der Waals surface area contributed by atoms with E-state index in [1.165, 1.54) is 0 Å². The summed E-state index contributed by atoms with van der Waals surface area (Å²) >= 11 is 0. The number of nitrogens with zero attached hydrogens (tertiary/aromatic N) is 1. The fraction of sp³-hybridized carbons (Fsp3) is 0. The molecule has 0 aliphatic carbocycles. The lowest BCUT2D eigenvalue weighted by molar-refractivity contribution is 0.210. The van der Waals surface area contributed by atoms with Gasteiger partial charge in [-0.1, -0.05) is 36.4 Å². The molecule has 2 aromatic rings. The van der Waals surface area contributed by atoms with E-state index in [4.69, 9.17) is 0 Å². The molecule has 0 fully saturated rings. The maximum atomic E-state index is 9.60. The number of hydrogen-bond acceptors (Lipinski definition) is 4. The molecule has 2 aromatic carbocycles. The largest absolute Gasteiger partial charge is 0.356 e. The maximum absolute atomic E-state index is 9.60. The molecule has 0 aromatic heterocycles. The van der Waals surface area contributed by atoms with Gasteiger partial charge in [-0.05, 0) is 24.3 Å². The van der Waals surface area contributed by atoms with Crippen LogP contribution in [0.5, 0.6) is 0 Å². The topological polar surface area (TPSA) is 110 Å². The Morgan fingerprint density at radius 2 is 1.16 bits per heavy atom. The lowest BCUT2D eigenvalue weighted by Gasteiger charge is -2.04. The van der Waals surface area contributed by atoms with Crippen molar-refractivity contribution in [2.75, 3.05) is 5.32 Å². The zero-order valence-electron chi connectivity index (χ0n) is 10.4. The van der Waals surface area contributed by atoms with Gasteiger partial charge in [0.1, 0.15) is 0 Å². The van der Waals surface area contributed by atoms with Gasteiger partial charge in [0.25, 0.3) is 0 Å². The standard InChI is InChI=1S/C12H11N.CH6N4O/c1-3-7-11(8-4-1)13-12-9-5-2-6-10-12;2-1(6)5(3)4/h1-10,13H;3-4H2,(H2,2,6). The molecular weight excluding hydrogens is 242 g/mol. The summed E-state index contributed by atoms with van der Waals surface area (Å²) in [4.78, 5) is 9.60. The van der Waals surface area contributed by atoms with E-state index in [9.17, 15) is 4.79 Å². The van der Waals surface area contributed by atoms with Crippen LogP contribution in [-0.4, -0.2) is 11.1 Å². The molecule has 0 bridgehead atoms. The number of urea groups is 1. The molecule has 0 saturated carbocycles. The van der Waals surface area contributed by atoms with E-state index in [1.807, 2.05) is 60.7 Å². The summed E-state index contributed by atoms with van der Waals surface area (Å²) in [5.41, 5.74) is 6.71. The van der Waals surface area contributed by atoms with E-state index >= 15 is 0 Å². The van der Waals surface area contributed by atoms with Gasteiger partial charge in [0.15, 0.2) is 0 Å². The van der Waals surface area contributed by atoms with Crippen molar-refractivity contribution < 1.29 is 4.79 Å². The maximum Gasteiger partial charge on any atom is 0.343 e. The Morgan fingerprint density at radius 1 is 0.842 bits per heavy atom. The summed E-state index contributed by atoms with van der Waals surface area (Å²) in [7, 11) is 0. The first-order chi connectivity index (χ1) is 9.09. The summed E-state index contributed by atoms with van der Waals surface area (Å²) in [6, 6.07) is 19.4. The molecule has 7 N–H and O–H groups in total. The van der Waals surface area contributed by atoms with Crippen LogP contribution in [-0.2, 0) is 0 Å². The van der Waals surface area contributed by atoms with E-state index in [1.54, 1.807) is 0 Å². The SMILES string of the molecule is NC(=O)N(N)N.c1ccc(Nc2ccccc2)cc1. The van der Waals surface area contributed by atoms with Crippen molar-refractivity contribution >= 4 is 17.4 Å². The predicted molar refractivity (Wildman–Crippen MR) is 76.0 cm³/mol. The third-order valence-electron chi connectivity index (χ3n) is 2.09. The van der Waals surface area contributed by atoms with Gasteiger partial charge in [0.2, 0.25) is 0 Å². The lowest BCUT2D eigenvalue weighted by Crippen LogP contribution is -2.46. The number of carbonyl (C=O) groups is 1. The number of rotatable bonds is 2. The molecule has 0 unspecified atom stereocenters. The minimum atomic E-state index is -0.852. The molecule has 2 amide bonds. The Kier molecular flexibility index (Phi) is 5.87. The van der Waals surface area contributed by atoms with Gasteiger partial charge in [-0.3, -0.25) is 0 Å². The molecule has 0 aliphatic rings. The third kappa shape index (κ3) is 6.06. The number of hydrogen-bond donors (Lipinski definition) is 4. The number of anilines is 2. The predicted octanol–water partition coefficient (Wildman–Crippen LogP) is 1.54. The Hall–Kier alpha value is -2.57. The van der Waals surface area contributed by atoms with Gasteiger partial charge < -0.3 is 11.1 Å². The Balaban J connectivity index is 0.000000258. The zero-order valence-corrected chi connectivity index (χ0v) is 10.4. The smallest absolute Gasteiger partial charge is 0.343 e. The molecule has 0 atom stereocenters. The van der Waals surface area contributed by atoms with Crippen molar-refractivity contribution in [3.05, 3.63) is 60.7 Å². The molecular formula is C13H17N5O. The minimum Gasteiger partial charge on any atom is -0.356 e. The summed E-state index contributed by atoms with van der Waals surface area (Å²) in [6.45, 7) is 0. The van der Waals surface area contributed by atoms with Crippen LogP contribution in [0.15, 0.2) is 60.7 Å². The van der Waals surface area contributed by atoms with E-state index in [0.29, 0.717) is 5.12 Å².